The number of hydrogen-bond donors (Lipinski definition) is 1. The predicted molar refractivity (Wildman–Crippen MR) is 159 cm³/mol. The van der Waals surface area contributed by atoms with Gasteiger partial charge in [-0.1, -0.05) is 29.8 Å². The van der Waals surface area contributed by atoms with E-state index < -0.39 is 45.2 Å². The molecule has 0 radical (unpaired) electrons. The number of morpholine rings is 1. The number of nitrogens with one attached hydrogen (secondary N) is 1. The van der Waals surface area contributed by atoms with E-state index in [9.17, 15) is 22.8 Å². The van der Waals surface area contributed by atoms with Crippen LogP contribution in [0.15, 0.2) is 53.4 Å². The topological polar surface area (TPSA) is 132 Å². The number of aryl methyl sites for hydroxylation is 1. The van der Waals surface area contributed by atoms with Gasteiger partial charge in [-0.2, -0.15) is 4.31 Å². The van der Waals surface area contributed by atoms with Crippen LogP contribution in [0.25, 0.3) is 0 Å². The summed E-state index contributed by atoms with van der Waals surface area (Å²) >= 11 is 0. The summed E-state index contributed by atoms with van der Waals surface area (Å²) in [6.07, 6.45) is 0.411. The Bertz CT molecular complexity index is 1410. The fourth-order valence-electron chi connectivity index (χ4n) is 5.11. The van der Waals surface area contributed by atoms with E-state index in [2.05, 4.69) is 5.32 Å². The van der Waals surface area contributed by atoms with Crippen LogP contribution in [0.5, 0.6) is 5.75 Å². The Hall–Kier alpha value is -3.48. The molecule has 4 rings (SSSR count). The molecule has 11 nitrogen and oxygen atoms in total. The number of ether oxygens (including phenoxy) is 3. The summed E-state index contributed by atoms with van der Waals surface area (Å²) in [5.41, 5.74) is -0.607. The third-order valence-electron chi connectivity index (χ3n) is 7.51. The molecular formula is C31H41N3O8S. The number of benzene rings is 2. The van der Waals surface area contributed by atoms with E-state index in [4.69, 9.17) is 14.2 Å². The molecule has 2 aromatic carbocycles. The normalized spacial score (nSPS) is 20.3. The third kappa shape index (κ3) is 7.92. The molecule has 2 aromatic rings. The van der Waals surface area contributed by atoms with Gasteiger partial charge in [0.15, 0.2) is 0 Å². The van der Waals surface area contributed by atoms with Crippen LogP contribution < -0.4 is 10.1 Å². The molecular weight excluding hydrogens is 574 g/mol. The summed E-state index contributed by atoms with van der Waals surface area (Å²) in [6, 6.07) is 12.1. The van der Waals surface area contributed by atoms with Gasteiger partial charge in [-0.15, -0.1) is 0 Å². The van der Waals surface area contributed by atoms with Crippen molar-refractivity contribution in [2.24, 2.45) is 0 Å². The van der Waals surface area contributed by atoms with E-state index in [1.165, 1.54) is 16.4 Å². The van der Waals surface area contributed by atoms with Crippen LogP contribution in [-0.4, -0.2) is 85.6 Å². The number of hydrogen-bond acceptors (Lipinski definition) is 8. The molecule has 234 valence electrons. The van der Waals surface area contributed by atoms with Crippen LogP contribution >= 0.6 is 0 Å². The molecule has 12 heteroatoms. The van der Waals surface area contributed by atoms with Crippen molar-refractivity contribution in [2.45, 2.75) is 76.0 Å². The molecule has 0 spiro atoms. The zero-order valence-corrected chi connectivity index (χ0v) is 26.2. The lowest BCUT2D eigenvalue weighted by molar-refractivity contribution is -0.159. The third-order valence-corrected chi connectivity index (χ3v) is 9.54. The predicted octanol–water partition coefficient (Wildman–Crippen LogP) is 3.44. The molecule has 0 bridgehead atoms. The minimum Gasteiger partial charge on any atom is -0.458 e. The molecule has 0 aliphatic carbocycles. The number of carbonyl (C=O) groups excluding carboxylic acids is 3. The first-order valence-electron chi connectivity index (χ1n) is 14.5. The lowest BCUT2D eigenvalue weighted by atomic mass is 9.97. The summed E-state index contributed by atoms with van der Waals surface area (Å²) < 4.78 is 44.7. The van der Waals surface area contributed by atoms with Crippen LogP contribution in [0.3, 0.4) is 0 Å². The Morgan fingerprint density at radius 2 is 1.63 bits per heavy atom. The van der Waals surface area contributed by atoms with E-state index in [0.29, 0.717) is 50.5 Å². The highest BCUT2D eigenvalue weighted by Gasteiger charge is 2.50. The van der Waals surface area contributed by atoms with Crippen LogP contribution in [0.2, 0.25) is 0 Å². The van der Waals surface area contributed by atoms with Crippen LogP contribution in [0, 0.1) is 6.92 Å². The Kier molecular flexibility index (Phi) is 9.83. The molecule has 2 fully saturated rings. The molecule has 43 heavy (non-hydrogen) atoms. The fourth-order valence-corrected chi connectivity index (χ4v) is 6.92. The van der Waals surface area contributed by atoms with Gasteiger partial charge in [-0.05, 0) is 77.3 Å². The average Bonchev–Trinajstić information content (AvgIpc) is 3.37. The van der Waals surface area contributed by atoms with Crippen molar-refractivity contribution in [1.82, 2.24) is 14.5 Å². The summed E-state index contributed by atoms with van der Waals surface area (Å²) in [6.45, 7) is 10.7. The number of carbonyl (C=O) groups is 3. The van der Waals surface area contributed by atoms with E-state index in [0.717, 1.165) is 5.56 Å². The Balaban J connectivity index is 1.51. The summed E-state index contributed by atoms with van der Waals surface area (Å²) in [5.74, 6) is -0.876. The van der Waals surface area contributed by atoms with Gasteiger partial charge < -0.3 is 24.4 Å². The van der Waals surface area contributed by atoms with Crippen LogP contribution in [0.1, 0.15) is 51.7 Å². The maximum atomic E-state index is 13.8. The summed E-state index contributed by atoms with van der Waals surface area (Å²) in [4.78, 5) is 41.2. The van der Waals surface area contributed by atoms with E-state index in [-0.39, 0.29) is 17.9 Å². The molecule has 0 aromatic heterocycles. The smallest absolute Gasteiger partial charge is 0.415 e. The molecule has 2 saturated heterocycles. The number of esters is 1. The number of rotatable bonds is 8. The van der Waals surface area contributed by atoms with Crippen molar-refractivity contribution in [3.05, 3.63) is 59.7 Å². The van der Waals surface area contributed by atoms with Crippen molar-refractivity contribution >= 4 is 28.0 Å². The van der Waals surface area contributed by atoms with Gasteiger partial charge in [-0.25, -0.2) is 18.0 Å². The maximum Gasteiger partial charge on any atom is 0.415 e. The molecule has 2 amide bonds. The first-order valence-corrected chi connectivity index (χ1v) is 15.9. The molecule has 2 aliphatic heterocycles. The second-order valence-corrected chi connectivity index (χ2v) is 14.0. The number of amides is 2. The van der Waals surface area contributed by atoms with Gasteiger partial charge >= 0.3 is 12.1 Å². The lowest BCUT2D eigenvalue weighted by Gasteiger charge is -2.34. The molecule has 2 aliphatic rings. The molecule has 2 heterocycles. The Morgan fingerprint density at radius 3 is 2.23 bits per heavy atom. The highest BCUT2D eigenvalue weighted by atomic mass is 32.2. The van der Waals surface area contributed by atoms with Crippen molar-refractivity contribution in [3.63, 3.8) is 0 Å². The summed E-state index contributed by atoms with van der Waals surface area (Å²) in [5, 5.41) is 2.80. The molecule has 2 atom stereocenters. The fraction of sp³-hybridized carbons (Fsp3) is 0.516. The van der Waals surface area contributed by atoms with Gasteiger partial charge in [0, 0.05) is 26.1 Å². The zero-order chi connectivity index (χ0) is 31.4. The van der Waals surface area contributed by atoms with Gasteiger partial charge in [-0.3, -0.25) is 4.79 Å². The monoisotopic (exact) mass is 615 g/mol. The van der Waals surface area contributed by atoms with Crippen molar-refractivity contribution in [2.75, 3.05) is 32.8 Å². The first kappa shape index (κ1) is 32.4. The number of sulfonamides is 1. The second-order valence-electron chi connectivity index (χ2n) is 12.1. The highest BCUT2D eigenvalue weighted by molar-refractivity contribution is 7.89. The molecule has 1 N–H and O–H groups in total. The van der Waals surface area contributed by atoms with Crippen molar-refractivity contribution in [3.8, 4) is 5.75 Å². The highest BCUT2D eigenvalue weighted by Crippen LogP contribution is 2.35. The van der Waals surface area contributed by atoms with E-state index in [1.54, 1.807) is 69.0 Å². The lowest BCUT2D eigenvalue weighted by Crippen LogP contribution is -2.59. The van der Waals surface area contributed by atoms with E-state index in [1.807, 2.05) is 6.92 Å². The largest absolute Gasteiger partial charge is 0.458 e. The standard InChI is InChI=1S/C31H41N3O8S/c1-22-7-13-25(14-8-22)43(38,39)34-16-6-15-31(34,5)28(36)32-26(27(35)42-30(2,3)4)21-23-9-11-24(12-10-23)41-29(37)33-17-19-40-20-18-33/h7-14,26H,6,15-21H2,1-5H3,(H,32,36)/t26-,31-/m0/s1. The van der Waals surface area contributed by atoms with Gasteiger partial charge in [0.05, 0.1) is 18.1 Å². The quantitative estimate of drug-likeness (QED) is 0.447. The maximum absolute atomic E-state index is 13.8. The number of nitrogens with zero attached hydrogens (tertiary/aromatic N) is 2. The Labute approximate surface area is 253 Å². The second kappa shape index (κ2) is 13.0. The van der Waals surface area contributed by atoms with Crippen LogP contribution in [-0.2, 0) is 35.5 Å². The zero-order valence-electron chi connectivity index (χ0n) is 25.4. The average molecular weight is 616 g/mol. The van der Waals surface area contributed by atoms with Gasteiger partial charge in [0.2, 0.25) is 15.9 Å². The first-order chi connectivity index (χ1) is 20.2. The van der Waals surface area contributed by atoms with Gasteiger partial charge in [0.25, 0.3) is 0 Å². The minimum atomic E-state index is -3.97. The summed E-state index contributed by atoms with van der Waals surface area (Å²) in [7, 11) is -3.97. The van der Waals surface area contributed by atoms with Crippen LogP contribution in [0.4, 0.5) is 4.79 Å². The van der Waals surface area contributed by atoms with E-state index >= 15 is 0 Å². The Morgan fingerprint density at radius 1 is 1.00 bits per heavy atom. The van der Waals surface area contributed by atoms with Gasteiger partial charge in [0.1, 0.15) is 22.9 Å². The molecule has 0 saturated carbocycles. The SMILES string of the molecule is Cc1ccc(S(=O)(=O)N2CCC[C@@]2(C)C(=O)N[C@@H](Cc2ccc(OC(=O)N3CCOCC3)cc2)C(=O)OC(C)(C)C)cc1. The minimum absolute atomic E-state index is 0.0825. The van der Waals surface area contributed by atoms with Crippen molar-refractivity contribution < 1.29 is 37.0 Å². The molecule has 0 unspecified atom stereocenters. The van der Waals surface area contributed by atoms with Crippen molar-refractivity contribution in [1.29, 1.82) is 0 Å².